The number of fused-ring (bicyclic) bond motifs is 1. The van der Waals surface area contributed by atoms with E-state index in [1.165, 1.54) is 17.0 Å². The Bertz CT molecular complexity index is 1960. The van der Waals surface area contributed by atoms with Crippen LogP contribution in [0.2, 0.25) is 0 Å². The summed E-state index contributed by atoms with van der Waals surface area (Å²) in [4.78, 5) is 55.7. The predicted molar refractivity (Wildman–Crippen MR) is 186 cm³/mol. The van der Waals surface area contributed by atoms with Crippen LogP contribution in [0.4, 0.5) is 18.9 Å². The third kappa shape index (κ3) is 8.61. The minimum atomic E-state index is -4.40. The number of rotatable bonds is 14. The molecular weight excluding hydrogens is 677 g/mol. The number of anilines is 1. The van der Waals surface area contributed by atoms with Gasteiger partial charge in [-0.2, -0.15) is 13.2 Å². The van der Waals surface area contributed by atoms with Crippen LogP contribution in [-0.4, -0.2) is 57.3 Å². The fourth-order valence-corrected chi connectivity index (χ4v) is 6.33. The number of nitrogens with one attached hydrogen (secondary N) is 3. The Morgan fingerprint density at radius 1 is 0.981 bits per heavy atom. The van der Waals surface area contributed by atoms with Gasteiger partial charge >= 0.3 is 6.18 Å². The molecule has 6 rings (SSSR count). The zero-order chi connectivity index (χ0) is 36.8. The summed E-state index contributed by atoms with van der Waals surface area (Å²) in [6.45, 7) is 1.56. The van der Waals surface area contributed by atoms with Crippen molar-refractivity contribution < 1.29 is 37.1 Å². The fourth-order valence-electron chi connectivity index (χ4n) is 6.33. The first-order chi connectivity index (χ1) is 25.0. The van der Waals surface area contributed by atoms with Crippen LogP contribution in [0.3, 0.4) is 0 Å². The van der Waals surface area contributed by atoms with E-state index in [1.54, 1.807) is 41.2 Å². The largest absolute Gasteiger partial charge is 0.494 e. The lowest BCUT2D eigenvalue weighted by Gasteiger charge is -2.29. The molecule has 0 radical (unpaired) electrons. The summed E-state index contributed by atoms with van der Waals surface area (Å²) in [5, 5.41) is 8.55. The van der Waals surface area contributed by atoms with Gasteiger partial charge in [-0.3, -0.25) is 24.5 Å². The maximum absolute atomic E-state index is 13.0. The number of carbonyl (C=O) groups excluding carboxylic acids is 4. The number of imide groups is 1. The van der Waals surface area contributed by atoms with Gasteiger partial charge in [0.2, 0.25) is 11.8 Å². The molecule has 2 aliphatic heterocycles. The average molecular weight is 717 g/mol. The molecule has 0 unspecified atom stereocenters. The van der Waals surface area contributed by atoms with Gasteiger partial charge in [0.15, 0.2) is 0 Å². The maximum atomic E-state index is 13.0. The van der Waals surface area contributed by atoms with E-state index in [0.717, 1.165) is 43.4 Å². The molecule has 0 spiro atoms. The van der Waals surface area contributed by atoms with Gasteiger partial charge in [-0.05, 0) is 78.9 Å². The Labute approximate surface area is 298 Å². The Hall–Kier alpha value is -5.66. The third-order valence-electron chi connectivity index (χ3n) is 9.15. The summed E-state index contributed by atoms with van der Waals surface area (Å²) in [5.74, 6) is -0.556. The first-order valence-electron chi connectivity index (χ1n) is 17.2. The highest BCUT2D eigenvalue weighted by atomic mass is 19.4. The molecular formula is C38H39F3N6O5. The van der Waals surface area contributed by atoms with Crippen molar-refractivity contribution in [1.82, 2.24) is 25.1 Å². The smallest absolute Gasteiger partial charge is 0.416 e. The summed E-state index contributed by atoms with van der Waals surface area (Å²) in [7, 11) is 1.84. The van der Waals surface area contributed by atoms with Crippen LogP contribution in [0, 0.1) is 0 Å². The van der Waals surface area contributed by atoms with E-state index < -0.39 is 23.7 Å². The molecule has 1 atom stereocenters. The van der Waals surface area contributed by atoms with E-state index >= 15 is 0 Å². The number of aromatic nitrogens is 2. The van der Waals surface area contributed by atoms with Gasteiger partial charge in [-0.25, -0.2) is 4.98 Å². The standard InChI is InChI=1S/C38H39F3N6O5/c1-46-22-32(44-23-46)30-19-25(8-13-31(30)43-20-24-6-9-27(10-7-24)38(39,40)41)35(49)42-16-4-2-3-5-17-52-28-11-12-29-26(18-28)21-47(37(29)51)33-14-15-34(48)45-36(33)50/h6-13,18-19,22-23,33,43H,2-5,14-17,20-21H2,1H3,(H,42,49)(H,45,48,50)/t33-/m0/s1. The van der Waals surface area contributed by atoms with Crippen molar-refractivity contribution in [2.24, 2.45) is 7.05 Å². The molecule has 0 aliphatic carbocycles. The number of hydrogen-bond donors (Lipinski definition) is 3. The van der Waals surface area contributed by atoms with Crippen LogP contribution in [0.5, 0.6) is 5.75 Å². The minimum Gasteiger partial charge on any atom is -0.494 e. The molecule has 3 aromatic carbocycles. The second-order valence-corrected chi connectivity index (χ2v) is 13.0. The lowest BCUT2D eigenvalue weighted by molar-refractivity contribution is -0.138. The number of carbonyl (C=O) groups is 4. The molecule has 4 amide bonds. The van der Waals surface area contributed by atoms with Gasteiger partial charge in [0.25, 0.3) is 11.8 Å². The lowest BCUT2D eigenvalue weighted by atomic mass is 10.0. The number of nitrogens with zero attached hydrogens (tertiary/aromatic N) is 3. The van der Waals surface area contributed by atoms with Crippen molar-refractivity contribution in [1.29, 1.82) is 0 Å². The van der Waals surface area contributed by atoms with E-state index in [1.807, 2.05) is 19.3 Å². The van der Waals surface area contributed by atoms with E-state index in [9.17, 15) is 32.3 Å². The van der Waals surface area contributed by atoms with Crippen molar-refractivity contribution in [3.63, 3.8) is 0 Å². The van der Waals surface area contributed by atoms with Gasteiger partial charge in [-0.15, -0.1) is 0 Å². The van der Waals surface area contributed by atoms with Crippen molar-refractivity contribution in [3.05, 3.63) is 101 Å². The highest BCUT2D eigenvalue weighted by Gasteiger charge is 2.39. The Morgan fingerprint density at radius 3 is 2.50 bits per heavy atom. The summed E-state index contributed by atoms with van der Waals surface area (Å²) >= 11 is 0. The number of ether oxygens (including phenoxy) is 1. The van der Waals surface area contributed by atoms with Gasteiger partial charge < -0.3 is 24.8 Å². The molecule has 1 saturated heterocycles. The quantitative estimate of drug-likeness (QED) is 0.110. The minimum absolute atomic E-state index is 0.206. The second kappa shape index (κ2) is 15.7. The third-order valence-corrected chi connectivity index (χ3v) is 9.15. The number of amides is 4. The molecule has 11 nitrogen and oxygen atoms in total. The highest BCUT2D eigenvalue weighted by Crippen LogP contribution is 2.32. The lowest BCUT2D eigenvalue weighted by Crippen LogP contribution is -2.52. The van der Waals surface area contributed by atoms with Crippen molar-refractivity contribution in [2.45, 2.75) is 63.8 Å². The average Bonchev–Trinajstić information content (AvgIpc) is 3.70. The number of unbranched alkanes of at least 4 members (excludes halogenated alkanes) is 3. The number of benzene rings is 3. The summed E-state index contributed by atoms with van der Waals surface area (Å²) in [5.41, 5.74) is 3.80. The van der Waals surface area contributed by atoms with E-state index in [-0.39, 0.29) is 30.7 Å². The zero-order valence-corrected chi connectivity index (χ0v) is 28.6. The molecule has 4 aromatic rings. The van der Waals surface area contributed by atoms with Crippen LogP contribution in [-0.2, 0) is 35.9 Å². The molecule has 0 saturated carbocycles. The summed E-state index contributed by atoms with van der Waals surface area (Å²) in [6, 6.07) is 14.9. The Morgan fingerprint density at radius 2 is 1.77 bits per heavy atom. The van der Waals surface area contributed by atoms with E-state index in [0.29, 0.717) is 65.5 Å². The normalized spacial score (nSPS) is 15.7. The van der Waals surface area contributed by atoms with Gasteiger partial charge in [0.1, 0.15) is 11.8 Å². The van der Waals surface area contributed by atoms with Gasteiger partial charge in [-0.1, -0.05) is 25.0 Å². The van der Waals surface area contributed by atoms with E-state index in [4.69, 9.17) is 4.74 Å². The van der Waals surface area contributed by atoms with Crippen LogP contribution in [0.25, 0.3) is 11.3 Å². The Kier molecular flexibility index (Phi) is 10.9. The van der Waals surface area contributed by atoms with E-state index in [2.05, 4.69) is 20.9 Å². The number of halogens is 3. The molecule has 1 aromatic heterocycles. The summed E-state index contributed by atoms with van der Waals surface area (Å²) in [6.07, 6.45) is 2.97. The first-order valence-corrected chi connectivity index (χ1v) is 17.2. The van der Waals surface area contributed by atoms with Gasteiger partial charge in [0.05, 0.1) is 24.2 Å². The van der Waals surface area contributed by atoms with Crippen LogP contribution in [0.1, 0.15) is 75.9 Å². The molecule has 272 valence electrons. The molecule has 1 fully saturated rings. The monoisotopic (exact) mass is 716 g/mol. The first kappa shape index (κ1) is 36.1. The molecule has 3 heterocycles. The molecule has 52 heavy (non-hydrogen) atoms. The SMILES string of the molecule is Cn1cnc(-c2cc(C(=O)NCCCCCCOc3ccc4c(c3)CN([C@H]3CCC(=O)NC3=O)C4=O)ccc2NCc2ccc(C(F)(F)F)cc2)c1. The number of imidazole rings is 1. The van der Waals surface area contributed by atoms with Gasteiger partial charge in [0, 0.05) is 61.7 Å². The fraction of sp³-hybridized carbons (Fsp3) is 0.342. The number of hydrogen-bond acceptors (Lipinski definition) is 7. The number of aryl methyl sites for hydroxylation is 1. The molecule has 14 heteroatoms. The van der Waals surface area contributed by atoms with Crippen molar-refractivity contribution in [3.8, 4) is 17.0 Å². The second-order valence-electron chi connectivity index (χ2n) is 13.0. The molecule has 2 aliphatic rings. The number of alkyl halides is 3. The van der Waals surface area contributed by atoms with Crippen molar-refractivity contribution >= 4 is 29.3 Å². The Balaban J connectivity index is 0.933. The zero-order valence-electron chi connectivity index (χ0n) is 28.6. The predicted octanol–water partition coefficient (Wildman–Crippen LogP) is 5.85. The topological polar surface area (TPSA) is 135 Å². The molecule has 3 N–H and O–H groups in total. The van der Waals surface area contributed by atoms with Crippen LogP contribution >= 0.6 is 0 Å². The summed E-state index contributed by atoms with van der Waals surface area (Å²) < 4.78 is 46.6. The number of piperidine rings is 1. The van der Waals surface area contributed by atoms with Crippen LogP contribution in [0.15, 0.2) is 73.2 Å². The van der Waals surface area contributed by atoms with Crippen molar-refractivity contribution in [2.75, 3.05) is 18.5 Å². The van der Waals surface area contributed by atoms with Crippen LogP contribution < -0.4 is 20.7 Å². The maximum Gasteiger partial charge on any atom is 0.416 e. The molecule has 0 bridgehead atoms. The highest BCUT2D eigenvalue weighted by molar-refractivity contribution is 6.05.